The van der Waals surface area contributed by atoms with Crippen molar-refractivity contribution >= 4 is 18.3 Å². The summed E-state index contributed by atoms with van der Waals surface area (Å²) in [7, 11) is 3.33. The maximum Gasteiger partial charge on any atom is 0.228 e. The van der Waals surface area contributed by atoms with Gasteiger partial charge in [-0.3, -0.25) is 4.79 Å². The van der Waals surface area contributed by atoms with Crippen LogP contribution < -0.4 is 15.4 Å². The van der Waals surface area contributed by atoms with E-state index >= 15 is 0 Å². The van der Waals surface area contributed by atoms with E-state index < -0.39 is 0 Å². The van der Waals surface area contributed by atoms with E-state index in [1.165, 1.54) is 0 Å². The van der Waals surface area contributed by atoms with Crippen LogP contribution in [0, 0.1) is 5.41 Å². The summed E-state index contributed by atoms with van der Waals surface area (Å²) < 4.78 is 10.6. The van der Waals surface area contributed by atoms with Crippen molar-refractivity contribution < 1.29 is 14.3 Å². The number of hydrogen-bond acceptors (Lipinski definition) is 4. The Bertz CT molecular complexity index is 485. The fourth-order valence-corrected chi connectivity index (χ4v) is 3.03. The molecule has 0 unspecified atom stereocenters. The van der Waals surface area contributed by atoms with E-state index in [4.69, 9.17) is 9.47 Å². The molecular formula is C17H27ClN2O3. The van der Waals surface area contributed by atoms with Crippen molar-refractivity contribution in [1.82, 2.24) is 10.6 Å². The van der Waals surface area contributed by atoms with Gasteiger partial charge < -0.3 is 20.1 Å². The van der Waals surface area contributed by atoms with Crippen LogP contribution >= 0.6 is 12.4 Å². The van der Waals surface area contributed by atoms with Gasteiger partial charge in [-0.15, -0.1) is 12.4 Å². The average Bonchev–Trinajstić information content (AvgIpc) is 2.56. The molecule has 0 spiro atoms. The van der Waals surface area contributed by atoms with E-state index in [2.05, 4.69) is 10.6 Å². The Morgan fingerprint density at radius 1 is 1.26 bits per heavy atom. The maximum atomic E-state index is 12.6. The molecule has 23 heavy (non-hydrogen) atoms. The topological polar surface area (TPSA) is 59.6 Å². The van der Waals surface area contributed by atoms with Crippen molar-refractivity contribution in [3.8, 4) is 5.75 Å². The van der Waals surface area contributed by atoms with Crippen molar-refractivity contribution in [2.24, 2.45) is 5.41 Å². The molecule has 0 bridgehead atoms. The number of halogens is 1. The lowest BCUT2D eigenvalue weighted by atomic mass is 9.78. The predicted molar refractivity (Wildman–Crippen MR) is 93.4 cm³/mol. The van der Waals surface area contributed by atoms with Gasteiger partial charge in [-0.05, 0) is 44.0 Å². The summed E-state index contributed by atoms with van der Waals surface area (Å²) in [6.07, 6.45) is 2.40. The van der Waals surface area contributed by atoms with Gasteiger partial charge in [0, 0.05) is 13.7 Å². The zero-order chi connectivity index (χ0) is 15.8. The fraction of sp³-hybridized carbons (Fsp3) is 0.588. The third-order valence-corrected chi connectivity index (χ3v) is 4.34. The number of rotatable bonds is 7. The maximum absolute atomic E-state index is 12.6. The van der Waals surface area contributed by atoms with E-state index in [9.17, 15) is 4.79 Å². The van der Waals surface area contributed by atoms with Gasteiger partial charge >= 0.3 is 0 Å². The summed E-state index contributed by atoms with van der Waals surface area (Å²) in [5, 5.41) is 6.37. The van der Waals surface area contributed by atoms with Crippen LogP contribution in [0.3, 0.4) is 0 Å². The Labute approximate surface area is 144 Å². The zero-order valence-electron chi connectivity index (χ0n) is 13.9. The van der Waals surface area contributed by atoms with E-state index in [1.807, 2.05) is 24.3 Å². The van der Waals surface area contributed by atoms with Crippen molar-refractivity contribution in [3.63, 3.8) is 0 Å². The Morgan fingerprint density at radius 3 is 2.61 bits per heavy atom. The number of piperidine rings is 1. The van der Waals surface area contributed by atoms with Crippen molar-refractivity contribution in [2.75, 3.05) is 40.5 Å². The Morgan fingerprint density at radius 2 is 1.96 bits per heavy atom. The van der Waals surface area contributed by atoms with Crippen molar-refractivity contribution in [2.45, 2.75) is 19.3 Å². The van der Waals surface area contributed by atoms with Gasteiger partial charge in [0.1, 0.15) is 5.75 Å². The highest BCUT2D eigenvalue weighted by atomic mass is 35.5. The summed E-state index contributed by atoms with van der Waals surface area (Å²) in [5.74, 6) is 0.968. The third-order valence-electron chi connectivity index (χ3n) is 4.34. The van der Waals surface area contributed by atoms with Crippen LogP contribution in [0.4, 0.5) is 0 Å². The molecule has 6 heteroatoms. The Kier molecular flexibility index (Phi) is 8.37. The van der Waals surface area contributed by atoms with Gasteiger partial charge in [0.05, 0.1) is 19.1 Å². The van der Waals surface area contributed by atoms with Gasteiger partial charge in [0.2, 0.25) is 5.91 Å². The lowest BCUT2D eigenvalue weighted by Gasteiger charge is -2.35. The summed E-state index contributed by atoms with van der Waals surface area (Å²) in [6, 6.07) is 7.90. The highest BCUT2D eigenvalue weighted by molar-refractivity contribution is 5.85. The molecule has 2 rings (SSSR count). The molecule has 5 nitrogen and oxygen atoms in total. The molecule has 0 atom stereocenters. The Hall–Kier alpha value is -1.30. The van der Waals surface area contributed by atoms with Crippen molar-refractivity contribution in [1.29, 1.82) is 0 Å². The lowest BCUT2D eigenvalue weighted by molar-refractivity contribution is -0.136. The SMILES string of the molecule is COCC1(C(=O)NCCc2ccccc2OC)CCNCC1.Cl. The molecule has 0 aliphatic carbocycles. The van der Waals surface area contributed by atoms with Crippen LogP contribution in [0.25, 0.3) is 0 Å². The molecule has 1 aromatic carbocycles. The minimum absolute atomic E-state index is 0. The van der Waals surface area contributed by atoms with Crippen LogP contribution in [0.2, 0.25) is 0 Å². The molecule has 0 aromatic heterocycles. The van der Waals surface area contributed by atoms with E-state index in [-0.39, 0.29) is 23.7 Å². The van der Waals surface area contributed by atoms with Gasteiger partial charge in [-0.2, -0.15) is 0 Å². The standard InChI is InChI=1S/C17H26N2O3.ClH/c1-21-13-17(8-11-18-12-9-17)16(20)19-10-7-14-5-3-4-6-15(14)22-2;/h3-6,18H,7-13H2,1-2H3,(H,19,20);1H. The summed E-state index contributed by atoms with van der Waals surface area (Å²) in [6.45, 7) is 2.82. The highest BCUT2D eigenvalue weighted by Gasteiger charge is 2.39. The molecule has 1 heterocycles. The number of nitrogens with one attached hydrogen (secondary N) is 2. The number of hydrogen-bond donors (Lipinski definition) is 2. The molecule has 0 radical (unpaired) electrons. The summed E-state index contributed by atoms with van der Waals surface area (Å²) >= 11 is 0. The van der Waals surface area contributed by atoms with Gasteiger partial charge in [0.25, 0.3) is 0 Å². The Balaban J connectivity index is 0.00000264. The zero-order valence-corrected chi connectivity index (χ0v) is 14.7. The molecule has 1 amide bonds. The first-order chi connectivity index (χ1) is 10.7. The quantitative estimate of drug-likeness (QED) is 0.793. The number of carbonyl (C=O) groups is 1. The molecule has 1 fully saturated rings. The normalized spacial score (nSPS) is 16.3. The van der Waals surface area contributed by atoms with Crippen LogP contribution in [0.1, 0.15) is 18.4 Å². The first kappa shape index (κ1) is 19.7. The van der Waals surface area contributed by atoms with E-state index in [1.54, 1.807) is 14.2 Å². The number of ether oxygens (including phenoxy) is 2. The molecular weight excluding hydrogens is 316 g/mol. The van der Waals surface area contributed by atoms with Gasteiger partial charge in [-0.25, -0.2) is 0 Å². The monoisotopic (exact) mass is 342 g/mol. The summed E-state index contributed by atoms with van der Waals surface area (Å²) in [4.78, 5) is 12.6. The van der Waals surface area contributed by atoms with Gasteiger partial charge in [0.15, 0.2) is 0 Å². The lowest BCUT2D eigenvalue weighted by Crippen LogP contribution is -2.50. The number of amides is 1. The second kappa shape index (κ2) is 9.75. The van der Waals surface area contributed by atoms with E-state index in [0.29, 0.717) is 13.2 Å². The molecule has 2 N–H and O–H groups in total. The van der Waals surface area contributed by atoms with Crippen LogP contribution in [-0.2, 0) is 16.0 Å². The second-order valence-corrected chi connectivity index (χ2v) is 5.78. The molecule has 1 aromatic rings. The molecule has 1 aliphatic heterocycles. The van der Waals surface area contributed by atoms with E-state index in [0.717, 1.165) is 43.7 Å². The minimum atomic E-state index is -0.388. The fourth-order valence-electron chi connectivity index (χ4n) is 3.03. The number of methoxy groups -OCH3 is 2. The van der Waals surface area contributed by atoms with Crippen LogP contribution in [0.15, 0.2) is 24.3 Å². The predicted octanol–water partition coefficient (Wildman–Crippen LogP) is 1.79. The number of carbonyl (C=O) groups excluding carboxylic acids is 1. The number of benzene rings is 1. The minimum Gasteiger partial charge on any atom is -0.496 e. The third kappa shape index (κ3) is 5.09. The first-order valence-electron chi connectivity index (χ1n) is 7.82. The van der Waals surface area contributed by atoms with Crippen LogP contribution in [0.5, 0.6) is 5.75 Å². The second-order valence-electron chi connectivity index (χ2n) is 5.78. The molecule has 0 saturated carbocycles. The average molecular weight is 343 g/mol. The molecule has 1 saturated heterocycles. The van der Waals surface area contributed by atoms with Gasteiger partial charge in [-0.1, -0.05) is 18.2 Å². The molecule has 130 valence electrons. The highest BCUT2D eigenvalue weighted by Crippen LogP contribution is 2.29. The largest absolute Gasteiger partial charge is 0.496 e. The smallest absolute Gasteiger partial charge is 0.228 e. The van der Waals surface area contributed by atoms with Crippen molar-refractivity contribution in [3.05, 3.63) is 29.8 Å². The molecule has 1 aliphatic rings. The number of para-hydroxylation sites is 1. The van der Waals surface area contributed by atoms with Crippen LogP contribution in [-0.4, -0.2) is 46.4 Å². The first-order valence-corrected chi connectivity index (χ1v) is 7.82. The summed E-state index contributed by atoms with van der Waals surface area (Å²) in [5.41, 5.74) is 0.720.